The molecule has 0 radical (unpaired) electrons. The Balaban J connectivity index is 2.25. The Morgan fingerprint density at radius 3 is 2.35 bits per heavy atom. The zero-order valence-corrected chi connectivity index (χ0v) is 16.7. The van der Waals surface area contributed by atoms with Gasteiger partial charge in [0.05, 0.1) is 0 Å². The molecule has 1 aliphatic heterocycles. The lowest BCUT2D eigenvalue weighted by Crippen LogP contribution is -2.34. The molecule has 1 N–H and O–H groups in total. The highest BCUT2D eigenvalue weighted by Crippen LogP contribution is 2.25. The van der Waals surface area contributed by atoms with Crippen molar-refractivity contribution in [1.82, 2.24) is 5.32 Å². The molecule has 1 saturated heterocycles. The van der Waals surface area contributed by atoms with Crippen LogP contribution in [0.15, 0.2) is 39.2 Å². The van der Waals surface area contributed by atoms with Crippen molar-refractivity contribution in [2.24, 2.45) is 0 Å². The predicted octanol–water partition coefficient (Wildman–Crippen LogP) is 3.01. The SMILES string of the molecule is CC(=O)SC(C(=O)OC(=O)[C@@H]1CCCN1)=C(C)C(=O)c1ccc(Br)cc1. The summed E-state index contributed by atoms with van der Waals surface area (Å²) in [5, 5.41) is 2.55. The summed E-state index contributed by atoms with van der Waals surface area (Å²) in [7, 11) is 0. The second-order valence-electron chi connectivity index (χ2n) is 5.74. The van der Waals surface area contributed by atoms with Crippen LogP contribution in [0.4, 0.5) is 0 Å². The van der Waals surface area contributed by atoms with E-state index in [1.54, 1.807) is 24.3 Å². The third kappa shape index (κ3) is 5.36. The van der Waals surface area contributed by atoms with E-state index in [1.807, 2.05) is 0 Å². The Bertz CT molecular complexity index is 766. The first kappa shape index (κ1) is 20.5. The van der Waals surface area contributed by atoms with Gasteiger partial charge in [0.25, 0.3) is 0 Å². The van der Waals surface area contributed by atoms with Crippen LogP contribution in [0, 0.1) is 0 Å². The summed E-state index contributed by atoms with van der Waals surface area (Å²) >= 11 is 3.88. The molecule has 8 heteroatoms. The van der Waals surface area contributed by atoms with Gasteiger partial charge in [-0.1, -0.05) is 15.9 Å². The number of ether oxygens (including phenoxy) is 1. The highest BCUT2D eigenvalue weighted by molar-refractivity contribution is 9.10. The lowest BCUT2D eigenvalue weighted by Gasteiger charge is -2.12. The van der Waals surface area contributed by atoms with Crippen LogP contribution in [-0.4, -0.2) is 35.4 Å². The molecule has 1 aliphatic rings. The third-order valence-corrected chi connectivity index (χ3v) is 5.25. The first-order valence-electron chi connectivity index (χ1n) is 7.98. The van der Waals surface area contributed by atoms with Gasteiger partial charge >= 0.3 is 11.9 Å². The van der Waals surface area contributed by atoms with E-state index in [1.165, 1.54) is 13.8 Å². The predicted molar refractivity (Wildman–Crippen MR) is 102 cm³/mol. The number of allylic oxidation sites excluding steroid dienone is 1. The second kappa shape index (κ2) is 9.25. The Kier molecular flexibility index (Phi) is 7.31. The molecule has 0 spiro atoms. The molecular formula is C18H18BrNO5S. The normalized spacial score (nSPS) is 17.4. The number of carbonyl (C=O) groups is 4. The lowest BCUT2D eigenvalue weighted by atomic mass is 10.0. The summed E-state index contributed by atoms with van der Waals surface area (Å²) < 4.78 is 5.70. The van der Waals surface area contributed by atoms with Crippen molar-refractivity contribution in [2.75, 3.05) is 6.54 Å². The second-order valence-corrected chi connectivity index (χ2v) is 7.84. The van der Waals surface area contributed by atoms with Crippen LogP contribution in [-0.2, 0) is 19.1 Å². The highest BCUT2D eigenvalue weighted by Gasteiger charge is 2.29. The van der Waals surface area contributed by atoms with E-state index in [9.17, 15) is 19.2 Å². The third-order valence-electron chi connectivity index (χ3n) is 3.76. The number of rotatable bonds is 5. The first-order valence-corrected chi connectivity index (χ1v) is 9.59. The smallest absolute Gasteiger partial charge is 0.353 e. The fourth-order valence-electron chi connectivity index (χ4n) is 2.43. The fraction of sp³-hybridized carbons (Fsp3) is 0.333. The van der Waals surface area contributed by atoms with Gasteiger partial charge in [0.2, 0.25) is 0 Å². The summed E-state index contributed by atoms with van der Waals surface area (Å²) in [4.78, 5) is 48.4. The first-order chi connectivity index (χ1) is 12.3. The highest BCUT2D eigenvalue weighted by atomic mass is 79.9. The fourth-order valence-corrected chi connectivity index (χ4v) is 3.35. The van der Waals surface area contributed by atoms with Crippen molar-refractivity contribution < 1.29 is 23.9 Å². The Labute approximate surface area is 163 Å². The van der Waals surface area contributed by atoms with Gasteiger partial charge in [-0.25, -0.2) is 9.59 Å². The number of benzene rings is 1. The van der Waals surface area contributed by atoms with E-state index >= 15 is 0 Å². The molecule has 138 valence electrons. The van der Waals surface area contributed by atoms with E-state index in [0.29, 0.717) is 30.3 Å². The Morgan fingerprint density at radius 2 is 1.81 bits per heavy atom. The monoisotopic (exact) mass is 439 g/mol. The van der Waals surface area contributed by atoms with Crippen LogP contribution in [0.1, 0.15) is 37.0 Å². The molecule has 1 fully saturated rings. The number of Topliss-reactive ketones (excluding diaryl/α,β-unsaturated/α-hetero) is 1. The van der Waals surface area contributed by atoms with Gasteiger partial charge in [0, 0.05) is 22.5 Å². The molecule has 6 nitrogen and oxygen atoms in total. The van der Waals surface area contributed by atoms with Gasteiger partial charge in [-0.3, -0.25) is 9.59 Å². The van der Waals surface area contributed by atoms with E-state index in [2.05, 4.69) is 21.2 Å². The van der Waals surface area contributed by atoms with Crippen LogP contribution in [0.3, 0.4) is 0 Å². The zero-order chi connectivity index (χ0) is 19.3. The largest absolute Gasteiger partial charge is 0.388 e. The molecule has 0 amide bonds. The number of esters is 2. The molecule has 0 bridgehead atoms. The number of carbonyl (C=O) groups excluding carboxylic acids is 4. The topological polar surface area (TPSA) is 89.5 Å². The molecule has 1 atom stereocenters. The van der Waals surface area contributed by atoms with Crippen molar-refractivity contribution in [3.8, 4) is 0 Å². The van der Waals surface area contributed by atoms with Gasteiger partial charge < -0.3 is 10.1 Å². The summed E-state index contributed by atoms with van der Waals surface area (Å²) in [6.45, 7) is 3.39. The number of ketones is 1. The molecule has 0 aliphatic carbocycles. The van der Waals surface area contributed by atoms with E-state index in [4.69, 9.17) is 4.74 Å². The maximum Gasteiger partial charge on any atom is 0.353 e. The number of halogens is 1. The van der Waals surface area contributed by atoms with Gasteiger partial charge in [-0.2, -0.15) is 0 Å². The molecular weight excluding hydrogens is 422 g/mol. The number of hydrogen-bond donors (Lipinski definition) is 1. The van der Waals surface area contributed by atoms with Crippen LogP contribution < -0.4 is 5.32 Å². The van der Waals surface area contributed by atoms with Crippen molar-refractivity contribution in [2.45, 2.75) is 32.7 Å². The van der Waals surface area contributed by atoms with Crippen LogP contribution in [0.25, 0.3) is 0 Å². The Hall–Kier alpha value is -1.77. The summed E-state index contributed by atoms with van der Waals surface area (Å²) in [5.41, 5.74) is 0.425. The average Bonchev–Trinajstić information content (AvgIpc) is 3.13. The average molecular weight is 440 g/mol. The standard InChI is InChI=1S/C18H18BrNO5S/c1-10(15(22)12-5-7-13(19)8-6-12)16(26-11(2)21)18(24)25-17(23)14-4-3-9-20-14/h5-8,14,20H,3-4,9H2,1-2H3/t14-/m0/s1. The summed E-state index contributed by atoms with van der Waals surface area (Å²) in [6.07, 6.45) is 1.40. The van der Waals surface area contributed by atoms with E-state index < -0.39 is 23.8 Å². The number of hydrogen-bond acceptors (Lipinski definition) is 7. The molecule has 0 aromatic heterocycles. The Morgan fingerprint density at radius 1 is 1.15 bits per heavy atom. The van der Waals surface area contributed by atoms with Crippen molar-refractivity contribution in [1.29, 1.82) is 0 Å². The van der Waals surface area contributed by atoms with Crippen LogP contribution in [0.5, 0.6) is 0 Å². The number of thioether (sulfide) groups is 1. The summed E-state index contributed by atoms with van der Waals surface area (Å²) in [6, 6.07) is 6.07. The van der Waals surface area contributed by atoms with Crippen molar-refractivity contribution in [3.63, 3.8) is 0 Å². The molecule has 0 unspecified atom stereocenters. The minimum atomic E-state index is -0.980. The van der Waals surface area contributed by atoms with Crippen molar-refractivity contribution >= 4 is 50.5 Å². The quantitative estimate of drug-likeness (QED) is 0.326. The molecule has 2 rings (SSSR count). The molecule has 0 saturated carbocycles. The molecule has 26 heavy (non-hydrogen) atoms. The van der Waals surface area contributed by atoms with Crippen molar-refractivity contribution in [3.05, 3.63) is 44.8 Å². The summed E-state index contributed by atoms with van der Waals surface area (Å²) in [5.74, 6) is -2.09. The number of nitrogens with one attached hydrogen (secondary N) is 1. The minimum Gasteiger partial charge on any atom is -0.388 e. The lowest BCUT2D eigenvalue weighted by molar-refractivity contribution is -0.157. The molecule has 1 aromatic rings. The van der Waals surface area contributed by atoms with Crippen LogP contribution in [0.2, 0.25) is 0 Å². The van der Waals surface area contributed by atoms with Gasteiger partial charge in [-0.05, 0) is 62.3 Å². The van der Waals surface area contributed by atoms with Gasteiger partial charge in [0.1, 0.15) is 10.9 Å². The van der Waals surface area contributed by atoms with Gasteiger partial charge in [0.15, 0.2) is 10.9 Å². The maximum atomic E-state index is 12.6. The maximum absolute atomic E-state index is 12.6. The van der Waals surface area contributed by atoms with E-state index in [-0.39, 0.29) is 15.6 Å². The van der Waals surface area contributed by atoms with Crippen LogP contribution >= 0.6 is 27.7 Å². The van der Waals surface area contributed by atoms with E-state index in [0.717, 1.165) is 10.9 Å². The van der Waals surface area contributed by atoms with Gasteiger partial charge in [-0.15, -0.1) is 0 Å². The minimum absolute atomic E-state index is 0.0599. The molecule has 1 aromatic carbocycles. The zero-order valence-electron chi connectivity index (χ0n) is 14.3. The molecule has 1 heterocycles.